The van der Waals surface area contributed by atoms with Crippen LogP contribution in [0.4, 0.5) is 5.82 Å². The van der Waals surface area contributed by atoms with Gasteiger partial charge in [0, 0.05) is 15.9 Å². The number of H-pyrrole nitrogens is 1. The van der Waals surface area contributed by atoms with Gasteiger partial charge in [-0.25, -0.2) is 0 Å². The van der Waals surface area contributed by atoms with Gasteiger partial charge in [0.25, 0.3) is 5.56 Å². The third kappa shape index (κ3) is 3.00. The highest BCUT2D eigenvalue weighted by Crippen LogP contribution is 2.21. The lowest BCUT2D eigenvalue weighted by atomic mass is 10.1. The lowest BCUT2D eigenvalue weighted by molar-refractivity contribution is 0.873. The molecule has 0 spiro atoms. The van der Waals surface area contributed by atoms with Gasteiger partial charge in [-0.2, -0.15) is 0 Å². The molecule has 3 aromatic rings. The standard InChI is InChI=1S/C17H15BrN2O/c1-11(12-6-8-14(18)9-7-12)19-16-10-13-4-2-3-5-15(13)17(21)20-16/h2-11H,1H3,(H2,19,20,21). The van der Waals surface area contributed by atoms with Crippen molar-refractivity contribution in [2.24, 2.45) is 0 Å². The zero-order chi connectivity index (χ0) is 14.8. The van der Waals surface area contributed by atoms with E-state index in [1.165, 1.54) is 0 Å². The predicted octanol–water partition coefficient (Wildman–Crippen LogP) is 4.46. The molecule has 0 aliphatic rings. The fourth-order valence-electron chi connectivity index (χ4n) is 2.36. The maximum atomic E-state index is 12.1. The Balaban J connectivity index is 1.91. The number of hydrogen-bond donors (Lipinski definition) is 2. The second-order valence-corrected chi connectivity index (χ2v) is 5.93. The van der Waals surface area contributed by atoms with Crippen molar-refractivity contribution >= 4 is 32.5 Å². The highest BCUT2D eigenvalue weighted by Gasteiger charge is 2.07. The summed E-state index contributed by atoms with van der Waals surface area (Å²) in [5.41, 5.74) is 1.09. The summed E-state index contributed by atoms with van der Waals surface area (Å²) >= 11 is 3.43. The molecule has 4 heteroatoms. The van der Waals surface area contributed by atoms with Crippen molar-refractivity contribution in [3.8, 4) is 0 Å². The number of nitrogens with one attached hydrogen (secondary N) is 2. The molecular formula is C17H15BrN2O. The minimum Gasteiger partial charge on any atom is -0.365 e. The smallest absolute Gasteiger partial charge is 0.257 e. The molecule has 1 unspecified atom stereocenters. The molecule has 0 amide bonds. The monoisotopic (exact) mass is 342 g/mol. The minimum absolute atomic E-state index is 0.0707. The molecule has 0 aliphatic heterocycles. The number of aromatic amines is 1. The van der Waals surface area contributed by atoms with Crippen LogP contribution >= 0.6 is 15.9 Å². The van der Waals surface area contributed by atoms with E-state index in [1.54, 1.807) is 0 Å². The molecule has 3 nitrogen and oxygen atoms in total. The summed E-state index contributed by atoms with van der Waals surface area (Å²) in [7, 11) is 0. The summed E-state index contributed by atoms with van der Waals surface area (Å²) in [4.78, 5) is 14.9. The average molecular weight is 343 g/mol. The number of fused-ring (bicyclic) bond motifs is 1. The molecule has 2 aromatic carbocycles. The number of halogens is 1. The second kappa shape index (κ2) is 5.74. The summed E-state index contributed by atoms with van der Waals surface area (Å²) in [5, 5.41) is 4.98. The topological polar surface area (TPSA) is 44.9 Å². The van der Waals surface area contributed by atoms with E-state index < -0.39 is 0 Å². The van der Waals surface area contributed by atoms with Crippen LogP contribution in [0.15, 0.2) is 63.9 Å². The summed E-state index contributed by atoms with van der Waals surface area (Å²) in [6.07, 6.45) is 0. The maximum absolute atomic E-state index is 12.1. The van der Waals surface area contributed by atoms with E-state index >= 15 is 0 Å². The minimum atomic E-state index is -0.0707. The number of aromatic nitrogens is 1. The lowest BCUT2D eigenvalue weighted by Crippen LogP contribution is -2.13. The summed E-state index contributed by atoms with van der Waals surface area (Å²) in [5.74, 6) is 0.731. The zero-order valence-corrected chi connectivity index (χ0v) is 13.1. The van der Waals surface area contributed by atoms with E-state index in [4.69, 9.17) is 0 Å². The van der Waals surface area contributed by atoms with Crippen molar-refractivity contribution in [3.63, 3.8) is 0 Å². The third-order valence-electron chi connectivity index (χ3n) is 3.50. The SMILES string of the molecule is CC(Nc1cc2ccccc2c(=O)[nH]1)c1ccc(Br)cc1. The number of benzene rings is 2. The number of anilines is 1. The Labute approximate surface area is 131 Å². The van der Waals surface area contributed by atoms with Gasteiger partial charge in [0.15, 0.2) is 0 Å². The van der Waals surface area contributed by atoms with E-state index in [0.717, 1.165) is 21.2 Å². The van der Waals surface area contributed by atoms with Gasteiger partial charge in [-0.1, -0.05) is 46.3 Å². The Hall–Kier alpha value is -2.07. The van der Waals surface area contributed by atoms with Crippen molar-refractivity contribution < 1.29 is 0 Å². The van der Waals surface area contributed by atoms with Gasteiger partial charge < -0.3 is 10.3 Å². The molecule has 1 atom stereocenters. The first-order valence-corrected chi connectivity index (χ1v) is 7.57. The predicted molar refractivity (Wildman–Crippen MR) is 90.7 cm³/mol. The Kier molecular flexibility index (Phi) is 3.80. The van der Waals surface area contributed by atoms with Crippen LogP contribution in [0.5, 0.6) is 0 Å². The van der Waals surface area contributed by atoms with Crippen molar-refractivity contribution in [1.29, 1.82) is 0 Å². The molecular weight excluding hydrogens is 328 g/mol. The normalized spacial score (nSPS) is 12.3. The lowest BCUT2D eigenvalue weighted by Gasteiger charge is -2.16. The maximum Gasteiger partial charge on any atom is 0.257 e. The van der Waals surface area contributed by atoms with Gasteiger partial charge in [-0.05, 0) is 42.1 Å². The van der Waals surface area contributed by atoms with Crippen LogP contribution in [0.25, 0.3) is 10.8 Å². The van der Waals surface area contributed by atoms with E-state index in [2.05, 4.69) is 45.3 Å². The molecule has 0 radical (unpaired) electrons. The van der Waals surface area contributed by atoms with Crippen LogP contribution in [0.1, 0.15) is 18.5 Å². The van der Waals surface area contributed by atoms with Crippen molar-refractivity contribution in [2.45, 2.75) is 13.0 Å². The zero-order valence-electron chi connectivity index (χ0n) is 11.6. The van der Waals surface area contributed by atoms with Gasteiger partial charge in [0.2, 0.25) is 0 Å². The summed E-state index contributed by atoms with van der Waals surface area (Å²) in [6, 6.07) is 17.8. The van der Waals surface area contributed by atoms with Crippen LogP contribution in [-0.4, -0.2) is 4.98 Å². The average Bonchev–Trinajstić information content (AvgIpc) is 2.48. The van der Waals surface area contributed by atoms with Crippen molar-refractivity contribution in [3.05, 3.63) is 75.0 Å². The molecule has 3 rings (SSSR count). The third-order valence-corrected chi connectivity index (χ3v) is 4.02. The Morgan fingerprint density at radius 1 is 1.10 bits per heavy atom. The molecule has 0 saturated heterocycles. The van der Waals surface area contributed by atoms with Crippen LogP contribution in [0, 0.1) is 0 Å². The molecule has 0 saturated carbocycles. The molecule has 1 aromatic heterocycles. The fraction of sp³-hybridized carbons (Fsp3) is 0.118. The Morgan fingerprint density at radius 3 is 2.57 bits per heavy atom. The molecule has 21 heavy (non-hydrogen) atoms. The number of hydrogen-bond acceptors (Lipinski definition) is 2. The van der Waals surface area contributed by atoms with E-state index in [-0.39, 0.29) is 11.6 Å². The van der Waals surface area contributed by atoms with Gasteiger partial charge in [-0.3, -0.25) is 4.79 Å². The van der Waals surface area contributed by atoms with E-state index in [9.17, 15) is 4.79 Å². The first-order chi connectivity index (χ1) is 10.1. The van der Waals surface area contributed by atoms with Crippen LogP contribution in [0.3, 0.4) is 0 Å². The highest BCUT2D eigenvalue weighted by molar-refractivity contribution is 9.10. The summed E-state index contributed by atoms with van der Waals surface area (Å²) < 4.78 is 1.05. The van der Waals surface area contributed by atoms with Gasteiger partial charge in [0.1, 0.15) is 5.82 Å². The van der Waals surface area contributed by atoms with Crippen LogP contribution < -0.4 is 10.9 Å². The Morgan fingerprint density at radius 2 is 1.81 bits per heavy atom. The second-order valence-electron chi connectivity index (χ2n) is 5.02. The van der Waals surface area contributed by atoms with Gasteiger partial charge >= 0.3 is 0 Å². The highest BCUT2D eigenvalue weighted by atomic mass is 79.9. The van der Waals surface area contributed by atoms with E-state index in [1.807, 2.05) is 42.5 Å². The first kappa shape index (κ1) is 13.9. The Bertz CT molecular complexity index is 824. The van der Waals surface area contributed by atoms with Crippen LogP contribution in [-0.2, 0) is 0 Å². The first-order valence-electron chi connectivity index (χ1n) is 6.77. The molecule has 106 valence electrons. The van der Waals surface area contributed by atoms with Crippen molar-refractivity contribution in [2.75, 3.05) is 5.32 Å². The molecule has 0 fully saturated rings. The quantitative estimate of drug-likeness (QED) is 0.737. The van der Waals surface area contributed by atoms with Crippen molar-refractivity contribution in [1.82, 2.24) is 4.98 Å². The number of pyridine rings is 1. The van der Waals surface area contributed by atoms with E-state index in [0.29, 0.717) is 5.39 Å². The molecule has 2 N–H and O–H groups in total. The number of rotatable bonds is 3. The largest absolute Gasteiger partial charge is 0.365 e. The fourth-order valence-corrected chi connectivity index (χ4v) is 2.62. The molecule has 1 heterocycles. The van der Waals surface area contributed by atoms with Gasteiger partial charge in [0.05, 0.1) is 0 Å². The van der Waals surface area contributed by atoms with Gasteiger partial charge in [-0.15, -0.1) is 0 Å². The molecule has 0 bridgehead atoms. The van der Waals surface area contributed by atoms with Crippen LogP contribution in [0.2, 0.25) is 0 Å². The molecule has 0 aliphatic carbocycles. The summed E-state index contributed by atoms with van der Waals surface area (Å²) in [6.45, 7) is 2.07.